The summed E-state index contributed by atoms with van der Waals surface area (Å²) in [7, 11) is 0. The molecule has 1 aromatic heterocycles. The van der Waals surface area contributed by atoms with Crippen LogP contribution in [-0.2, 0) is 11.3 Å². The molecule has 0 spiro atoms. The normalized spacial score (nSPS) is 24.1. The van der Waals surface area contributed by atoms with Crippen molar-refractivity contribution in [3.8, 4) is 0 Å². The van der Waals surface area contributed by atoms with Gasteiger partial charge in [-0.05, 0) is 38.8 Å². The summed E-state index contributed by atoms with van der Waals surface area (Å²) in [4.78, 5) is 16.9. The molecule has 3 heterocycles. The van der Waals surface area contributed by atoms with Gasteiger partial charge in [0.05, 0.1) is 12.6 Å². The minimum Gasteiger partial charge on any atom is -0.345 e. The van der Waals surface area contributed by atoms with Gasteiger partial charge in [-0.15, -0.1) is 0 Å². The van der Waals surface area contributed by atoms with Gasteiger partial charge in [-0.1, -0.05) is 0 Å². The quantitative estimate of drug-likeness (QED) is 0.888. The maximum Gasteiger partial charge on any atom is 0.237 e. The number of piperidine rings is 1. The number of carbonyl (C=O) groups excluding carboxylic acids is 1. The summed E-state index contributed by atoms with van der Waals surface area (Å²) in [6, 6.07) is 4.79. The van der Waals surface area contributed by atoms with E-state index in [0.717, 1.165) is 39.0 Å². The van der Waals surface area contributed by atoms with Crippen molar-refractivity contribution < 1.29 is 4.79 Å². The summed E-state index contributed by atoms with van der Waals surface area (Å²) in [6.07, 6.45) is 2.01. The van der Waals surface area contributed by atoms with Gasteiger partial charge in [0.2, 0.25) is 5.91 Å². The number of hydrogen-bond donors (Lipinski definition) is 1. The molecule has 5 heteroatoms. The Kier molecular flexibility index (Phi) is 4.04. The Bertz CT molecular complexity index is 516. The van der Waals surface area contributed by atoms with Gasteiger partial charge in [0.15, 0.2) is 0 Å². The van der Waals surface area contributed by atoms with E-state index >= 15 is 0 Å². The minimum absolute atomic E-state index is 0.173. The Morgan fingerprint density at radius 1 is 1.24 bits per heavy atom. The van der Waals surface area contributed by atoms with Crippen molar-refractivity contribution >= 4 is 5.91 Å². The maximum absolute atomic E-state index is 12.6. The van der Waals surface area contributed by atoms with Gasteiger partial charge in [0.25, 0.3) is 0 Å². The molecule has 1 unspecified atom stereocenters. The summed E-state index contributed by atoms with van der Waals surface area (Å²) in [5, 5.41) is 0. The fourth-order valence-electron chi connectivity index (χ4n) is 3.55. The lowest BCUT2D eigenvalue weighted by Crippen LogP contribution is -2.48. The van der Waals surface area contributed by atoms with Crippen molar-refractivity contribution in [2.24, 2.45) is 5.73 Å². The second kappa shape index (κ2) is 5.81. The van der Waals surface area contributed by atoms with Crippen LogP contribution in [0.4, 0.5) is 0 Å². The van der Waals surface area contributed by atoms with Crippen molar-refractivity contribution in [3.05, 3.63) is 23.5 Å². The van der Waals surface area contributed by atoms with Gasteiger partial charge in [-0.25, -0.2) is 0 Å². The van der Waals surface area contributed by atoms with Crippen molar-refractivity contribution in [2.75, 3.05) is 26.2 Å². The van der Waals surface area contributed by atoms with Crippen LogP contribution in [0.25, 0.3) is 0 Å². The molecule has 3 rings (SSSR count). The van der Waals surface area contributed by atoms with Gasteiger partial charge in [0, 0.05) is 43.6 Å². The van der Waals surface area contributed by atoms with Crippen LogP contribution in [0.3, 0.4) is 0 Å². The zero-order valence-electron chi connectivity index (χ0n) is 13.1. The number of amides is 1. The standard InChI is InChI=1S/C16H26N4O/c1-12-3-4-15-13(2)20(10-9-19(12)15)16(21)11-18-7-5-14(17)6-8-18/h3-4,13-14H,5-11,17H2,1-2H3. The number of hydrogen-bond acceptors (Lipinski definition) is 3. The van der Waals surface area contributed by atoms with Crippen LogP contribution in [-0.4, -0.2) is 52.5 Å². The third-order valence-corrected chi connectivity index (χ3v) is 5.00. The lowest BCUT2D eigenvalue weighted by molar-refractivity contribution is -0.136. The molecule has 5 nitrogen and oxygen atoms in total. The Labute approximate surface area is 126 Å². The van der Waals surface area contributed by atoms with Gasteiger partial charge >= 0.3 is 0 Å². The summed E-state index contributed by atoms with van der Waals surface area (Å²) >= 11 is 0. The number of rotatable bonds is 2. The van der Waals surface area contributed by atoms with Crippen molar-refractivity contribution in [1.29, 1.82) is 0 Å². The lowest BCUT2D eigenvalue weighted by atomic mass is 10.1. The van der Waals surface area contributed by atoms with Crippen LogP contribution in [0.15, 0.2) is 12.1 Å². The van der Waals surface area contributed by atoms with E-state index in [1.165, 1.54) is 11.4 Å². The number of aryl methyl sites for hydroxylation is 1. The number of carbonyl (C=O) groups is 1. The van der Waals surface area contributed by atoms with Crippen molar-refractivity contribution in [3.63, 3.8) is 0 Å². The molecule has 1 saturated heterocycles. The summed E-state index contributed by atoms with van der Waals surface area (Å²) < 4.78 is 2.33. The molecule has 1 atom stereocenters. The molecule has 1 amide bonds. The molecule has 0 bridgehead atoms. The number of likely N-dealkylation sites (tertiary alicyclic amines) is 1. The Hall–Kier alpha value is -1.33. The molecule has 21 heavy (non-hydrogen) atoms. The second-order valence-electron chi connectivity index (χ2n) is 6.43. The van der Waals surface area contributed by atoms with Crippen LogP contribution in [0, 0.1) is 6.92 Å². The summed E-state index contributed by atoms with van der Waals surface area (Å²) in [5.41, 5.74) is 8.47. The Balaban J connectivity index is 1.63. The molecule has 0 aliphatic carbocycles. The third-order valence-electron chi connectivity index (χ3n) is 5.00. The molecule has 1 aromatic rings. The highest BCUT2D eigenvalue weighted by atomic mass is 16.2. The van der Waals surface area contributed by atoms with Gasteiger partial charge in [-0.2, -0.15) is 0 Å². The van der Waals surface area contributed by atoms with Gasteiger partial charge in [-0.3, -0.25) is 9.69 Å². The van der Waals surface area contributed by atoms with E-state index < -0.39 is 0 Å². The van der Waals surface area contributed by atoms with Crippen LogP contribution >= 0.6 is 0 Å². The molecule has 2 N–H and O–H groups in total. The van der Waals surface area contributed by atoms with E-state index in [9.17, 15) is 4.79 Å². The molecular weight excluding hydrogens is 264 g/mol. The van der Waals surface area contributed by atoms with Crippen LogP contribution < -0.4 is 5.73 Å². The predicted molar refractivity (Wildman–Crippen MR) is 82.9 cm³/mol. The third kappa shape index (κ3) is 2.85. The Morgan fingerprint density at radius 2 is 1.95 bits per heavy atom. The van der Waals surface area contributed by atoms with Gasteiger partial charge in [0.1, 0.15) is 0 Å². The maximum atomic E-state index is 12.6. The molecule has 1 fully saturated rings. The minimum atomic E-state index is 0.173. The predicted octanol–water partition coefficient (Wildman–Crippen LogP) is 1.12. The van der Waals surface area contributed by atoms with Crippen LogP contribution in [0.1, 0.15) is 37.2 Å². The number of nitrogens with zero attached hydrogens (tertiary/aromatic N) is 3. The first-order valence-electron chi connectivity index (χ1n) is 7.99. The number of fused-ring (bicyclic) bond motifs is 1. The topological polar surface area (TPSA) is 54.5 Å². The molecular formula is C16H26N4O. The zero-order valence-corrected chi connectivity index (χ0v) is 13.1. The number of aromatic nitrogens is 1. The van der Waals surface area contributed by atoms with Crippen LogP contribution in [0.2, 0.25) is 0 Å². The SMILES string of the molecule is Cc1ccc2n1CCN(C(=O)CN1CCC(N)CC1)C2C. The van der Waals surface area contributed by atoms with E-state index in [4.69, 9.17) is 5.73 Å². The fraction of sp³-hybridized carbons (Fsp3) is 0.688. The fourth-order valence-corrected chi connectivity index (χ4v) is 3.55. The van der Waals surface area contributed by atoms with E-state index in [0.29, 0.717) is 12.6 Å². The monoisotopic (exact) mass is 290 g/mol. The van der Waals surface area contributed by atoms with Crippen LogP contribution in [0.5, 0.6) is 0 Å². The van der Waals surface area contributed by atoms with E-state index in [-0.39, 0.29) is 11.9 Å². The first-order valence-corrected chi connectivity index (χ1v) is 7.99. The summed E-state index contributed by atoms with van der Waals surface area (Å²) in [5.74, 6) is 0.253. The molecule has 2 aliphatic heterocycles. The highest BCUT2D eigenvalue weighted by Crippen LogP contribution is 2.27. The van der Waals surface area contributed by atoms with E-state index in [1.54, 1.807) is 0 Å². The van der Waals surface area contributed by atoms with E-state index in [1.807, 2.05) is 4.90 Å². The lowest BCUT2D eigenvalue weighted by Gasteiger charge is -2.37. The summed E-state index contributed by atoms with van der Waals surface area (Å²) in [6.45, 7) is 8.43. The molecule has 0 radical (unpaired) electrons. The first-order chi connectivity index (χ1) is 10.1. The van der Waals surface area contributed by atoms with Gasteiger partial charge < -0.3 is 15.2 Å². The average Bonchev–Trinajstić information content (AvgIpc) is 2.84. The first kappa shape index (κ1) is 14.6. The van der Waals surface area contributed by atoms with E-state index in [2.05, 4.69) is 35.4 Å². The van der Waals surface area contributed by atoms with Crippen molar-refractivity contribution in [2.45, 2.75) is 45.3 Å². The number of nitrogens with two attached hydrogens (primary N) is 1. The highest BCUT2D eigenvalue weighted by Gasteiger charge is 2.29. The highest BCUT2D eigenvalue weighted by molar-refractivity contribution is 5.79. The Morgan fingerprint density at radius 3 is 2.67 bits per heavy atom. The second-order valence-corrected chi connectivity index (χ2v) is 6.43. The molecule has 0 aromatic carbocycles. The molecule has 116 valence electrons. The van der Waals surface area contributed by atoms with Crippen molar-refractivity contribution in [1.82, 2.24) is 14.4 Å². The smallest absolute Gasteiger partial charge is 0.237 e. The molecule has 0 saturated carbocycles. The average molecular weight is 290 g/mol. The molecule has 2 aliphatic rings. The largest absolute Gasteiger partial charge is 0.345 e. The zero-order chi connectivity index (χ0) is 15.0.